The van der Waals surface area contributed by atoms with Crippen molar-refractivity contribution in [1.82, 2.24) is 4.98 Å². The predicted octanol–water partition coefficient (Wildman–Crippen LogP) is 2.89. The highest BCUT2D eigenvalue weighted by molar-refractivity contribution is 7.18. The summed E-state index contributed by atoms with van der Waals surface area (Å²) in [6.07, 6.45) is 0.919. The lowest BCUT2D eigenvalue weighted by molar-refractivity contribution is 0.630. The SMILES string of the molecule is CC(CCN)c1nc2ccc(F)cc2s1. The number of aromatic nitrogens is 1. The first-order chi connectivity index (χ1) is 7.20. The van der Waals surface area contributed by atoms with Gasteiger partial charge in [0.05, 0.1) is 15.2 Å². The molecule has 2 rings (SSSR count). The zero-order valence-corrected chi connectivity index (χ0v) is 9.35. The molecule has 0 aliphatic heterocycles. The van der Waals surface area contributed by atoms with E-state index in [0.717, 1.165) is 21.6 Å². The fraction of sp³-hybridized carbons (Fsp3) is 0.364. The van der Waals surface area contributed by atoms with Gasteiger partial charge in [0.2, 0.25) is 0 Å². The largest absolute Gasteiger partial charge is 0.330 e. The van der Waals surface area contributed by atoms with Crippen LogP contribution in [0.1, 0.15) is 24.3 Å². The van der Waals surface area contributed by atoms with Crippen molar-refractivity contribution in [1.29, 1.82) is 0 Å². The molecular weight excluding hydrogens is 211 g/mol. The number of hydrogen-bond acceptors (Lipinski definition) is 3. The van der Waals surface area contributed by atoms with Crippen LogP contribution in [0.5, 0.6) is 0 Å². The Morgan fingerprint density at radius 3 is 3.07 bits per heavy atom. The summed E-state index contributed by atoms with van der Waals surface area (Å²) in [6, 6.07) is 4.70. The summed E-state index contributed by atoms with van der Waals surface area (Å²) in [6.45, 7) is 2.76. The van der Waals surface area contributed by atoms with Gasteiger partial charge in [0.25, 0.3) is 0 Å². The van der Waals surface area contributed by atoms with Crippen LogP contribution in [-0.2, 0) is 0 Å². The molecule has 2 aromatic rings. The lowest BCUT2D eigenvalue weighted by atomic mass is 10.1. The molecule has 0 saturated carbocycles. The van der Waals surface area contributed by atoms with Crippen molar-refractivity contribution in [3.05, 3.63) is 29.0 Å². The van der Waals surface area contributed by atoms with Crippen molar-refractivity contribution >= 4 is 21.6 Å². The summed E-state index contributed by atoms with van der Waals surface area (Å²) in [7, 11) is 0. The first-order valence-electron chi connectivity index (χ1n) is 4.96. The van der Waals surface area contributed by atoms with E-state index in [1.807, 2.05) is 0 Å². The first-order valence-corrected chi connectivity index (χ1v) is 5.78. The minimum absolute atomic E-state index is 0.204. The maximum atomic E-state index is 13.0. The molecule has 0 radical (unpaired) electrons. The standard InChI is InChI=1S/C11H13FN2S/c1-7(4-5-13)11-14-9-3-2-8(12)6-10(9)15-11/h2-3,6-7H,4-5,13H2,1H3. The van der Waals surface area contributed by atoms with E-state index in [-0.39, 0.29) is 5.82 Å². The van der Waals surface area contributed by atoms with Crippen molar-refractivity contribution in [3.8, 4) is 0 Å². The average molecular weight is 224 g/mol. The molecule has 0 aliphatic carbocycles. The first kappa shape index (κ1) is 10.5. The van der Waals surface area contributed by atoms with E-state index < -0.39 is 0 Å². The van der Waals surface area contributed by atoms with Crippen molar-refractivity contribution in [2.75, 3.05) is 6.54 Å². The Kier molecular flexibility index (Phi) is 2.98. The molecule has 80 valence electrons. The van der Waals surface area contributed by atoms with E-state index in [1.54, 1.807) is 17.4 Å². The van der Waals surface area contributed by atoms with E-state index in [1.165, 1.54) is 12.1 Å². The van der Waals surface area contributed by atoms with E-state index in [9.17, 15) is 4.39 Å². The molecule has 1 atom stereocenters. The van der Waals surface area contributed by atoms with E-state index in [2.05, 4.69) is 11.9 Å². The Morgan fingerprint density at radius 2 is 2.33 bits per heavy atom. The van der Waals surface area contributed by atoms with E-state index in [0.29, 0.717) is 12.5 Å². The summed E-state index contributed by atoms with van der Waals surface area (Å²) >= 11 is 1.55. The second kappa shape index (κ2) is 4.24. The Bertz CT molecular complexity index is 467. The normalized spacial score (nSPS) is 13.3. The summed E-state index contributed by atoms with van der Waals surface area (Å²) in [5.41, 5.74) is 6.38. The van der Waals surface area contributed by atoms with Gasteiger partial charge in [-0.15, -0.1) is 11.3 Å². The number of nitrogens with zero attached hydrogens (tertiary/aromatic N) is 1. The molecule has 0 bridgehead atoms. The fourth-order valence-corrected chi connectivity index (χ4v) is 2.58. The summed E-state index contributed by atoms with van der Waals surface area (Å²) < 4.78 is 13.9. The number of hydrogen-bond donors (Lipinski definition) is 1. The predicted molar refractivity (Wildman–Crippen MR) is 61.7 cm³/mol. The van der Waals surface area contributed by atoms with Crippen molar-refractivity contribution < 1.29 is 4.39 Å². The molecule has 0 amide bonds. The molecule has 4 heteroatoms. The van der Waals surface area contributed by atoms with Crippen LogP contribution >= 0.6 is 11.3 Å². The second-order valence-corrected chi connectivity index (χ2v) is 4.70. The zero-order valence-electron chi connectivity index (χ0n) is 8.53. The van der Waals surface area contributed by atoms with Gasteiger partial charge in [-0.25, -0.2) is 9.37 Å². The van der Waals surface area contributed by atoms with Crippen LogP contribution in [0.3, 0.4) is 0 Å². The number of benzene rings is 1. The maximum Gasteiger partial charge on any atom is 0.124 e. The molecule has 15 heavy (non-hydrogen) atoms. The summed E-state index contributed by atoms with van der Waals surface area (Å²) in [4.78, 5) is 4.47. The maximum absolute atomic E-state index is 13.0. The van der Waals surface area contributed by atoms with Crippen molar-refractivity contribution in [2.45, 2.75) is 19.3 Å². The third kappa shape index (κ3) is 2.16. The fourth-order valence-electron chi connectivity index (χ4n) is 1.50. The van der Waals surface area contributed by atoms with Crippen LogP contribution < -0.4 is 5.73 Å². The second-order valence-electron chi connectivity index (χ2n) is 3.64. The van der Waals surface area contributed by atoms with Gasteiger partial charge in [0, 0.05) is 5.92 Å². The average Bonchev–Trinajstić information content (AvgIpc) is 2.60. The molecule has 0 spiro atoms. The van der Waals surface area contributed by atoms with E-state index >= 15 is 0 Å². The van der Waals surface area contributed by atoms with Gasteiger partial charge < -0.3 is 5.73 Å². The van der Waals surface area contributed by atoms with Crippen molar-refractivity contribution in [2.24, 2.45) is 5.73 Å². The van der Waals surface area contributed by atoms with Gasteiger partial charge in [-0.3, -0.25) is 0 Å². The van der Waals surface area contributed by atoms with Crippen LogP contribution in [0.4, 0.5) is 4.39 Å². The highest BCUT2D eigenvalue weighted by Gasteiger charge is 2.10. The monoisotopic (exact) mass is 224 g/mol. The topological polar surface area (TPSA) is 38.9 Å². The molecule has 2 nitrogen and oxygen atoms in total. The van der Waals surface area contributed by atoms with Crippen LogP contribution in [0.25, 0.3) is 10.2 Å². The Balaban J connectivity index is 2.38. The Hall–Kier alpha value is -1.000. The zero-order chi connectivity index (χ0) is 10.8. The van der Waals surface area contributed by atoms with Gasteiger partial charge in [-0.1, -0.05) is 6.92 Å². The molecule has 1 heterocycles. The van der Waals surface area contributed by atoms with Crippen LogP contribution in [-0.4, -0.2) is 11.5 Å². The van der Waals surface area contributed by atoms with Gasteiger partial charge in [-0.2, -0.15) is 0 Å². The van der Waals surface area contributed by atoms with Gasteiger partial charge in [0.15, 0.2) is 0 Å². The lowest BCUT2D eigenvalue weighted by Crippen LogP contribution is -2.03. The molecule has 1 aromatic heterocycles. The quantitative estimate of drug-likeness (QED) is 0.870. The molecule has 0 saturated heterocycles. The molecule has 1 aromatic carbocycles. The van der Waals surface area contributed by atoms with E-state index in [4.69, 9.17) is 5.73 Å². The number of thiazole rings is 1. The highest BCUT2D eigenvalue weighted by Crippen LogP contribution is 2.29. The summed E-state index contributed by atoms with van der Waals surface area (Å²) in [5.74, 6) is 0.152. The highest BCUT2D eigenvalue weighted by atomic mass is 32.1. The third-order valence-electron chi connectivity index (χ3n) is 2.39. The smallest absolute Gasteiger partial charge is 0.124 e. The molecule has 2 N–H and O–H groups in total. The van der Waals surface area contributed by atoms with Crippen molar-refractivity contribution in [3.63, 3.8) is 0 Å². The minimum atomic E-state index is -0.204. The van der Waals surface area contributed by atoms with Crippen LogP contribution in [0, 0.1) is 5.82 Å². The summed E-state index contributed by atoms with van der Waals surface area (Å²) in [5, 5.41) is 1.04. The third-order valence-corrected chi connectivity index (χ3v) is 3.64. The van der Waals surface area contributed by atoms with Gasteiger partial charge >= 0.3 is 0 Å². The van der Waals surface area contributed by atoms with Gasteiger partial charge in [0.1, 0.15) is 5.82 Å². The number of fused-ring (bicyclic) bond motifs is 1. The molecule has 0 fully saturated rings. The van der Waals surface area contributed by atoms with Crippen LogP contribution in [0.15, 0.2) is 18.2 Å². The number of rotatable bonds is 3. The van der Waals surface area contributed by atoms with Crippen LogP contribution in [0.2, 0.25) is 0 Å². The molecule has 0 aliphatic rings. The molecule has 1 unspecified atom stereocenters. The number of nitrogens with two attached hydrogens (primary N) is 1. The Labute approximate surface area is 91.9 Å². The molecular formula is C11H13FN2S. The number of halogens is 1. The Morgan fingerprint density at radius 1 is 1.53 bits per heavy atom. The lowest BCUT2D eigenvalue weighted by Gasteiger charge is -2.03. The van der Waals surface area contributed by atoms with Gasteiger partial charge in [-0.05, 0) is 31.2 Å². The minimum Gasteiger partial charge on any atom is -0.330 e.